The summed E-state index contributed by atoms with van der Waals surface area (Å²) in [6, 6.07) is 13.7. The smallest absolute Gasteiger partial charge is 0.335 e. The third-order valence-corrected chi connectivity index (χ3v) is 4.82. The topological polar surface area (TPSA) is 102 Å². The summed E-state index contributed by atoms with van der Waals surface area (Å²) in [6.07, 6.45) is 3.85. The Balaban J connectivity index is 2.12. The number of carbonyl (C=O) groups is 2. The van der Waals surface area contributed by atoms with E-state index in [1.165, 1.54) is 18.3 Å². The third kappa shape index (κ3) is 6.67. The van der Waals surface area contributed by atoms with Crippen molar-refractivity contribution in [1.82, 2.24) is 5.32 Å². The van der Waals surface area contributed by atoms with Crippen molar-refractivity contribution in [3.63, 3.8) is 0 Å². The fourth-order valence-corrected chi connectivity index (χ4v) is 2.99. The van der Waals surface area contributed by atoms with E-state index in [0.717, 1.165) is 16.9 Å². The molecule has 0 aliphatic carbocycles. The van der Waals surface area contributed by atoms with Crippen molar-refractivity contribution in [3.8, 4) is 5.75 Å². The molecule has 0 aliphatic rings. The second-order valence-electron chi connectivity index (χ2n) is 6.69. The van der Waals surface area contributed by atoms with Crippen molar-refractivity contribution in [2.45, 2.75) is 25.8 Å². The SMILES string of the molecule is COc1cccc(CC/C(=C\C(Cl)=C/N)C(=O)NC(C)c2ccc(C(=O)O)cc2)c1. The molecule has 2 aromatic rings. The predicted molar refractivity (Wildman–Crippen MR) is 117 cm³/mol. The molecule has 0 saturated heterocycles. The summed E-state index contributed by atoms with van der Waals surface area (Å²) in [4.78, 5) is 23.9. The summed E-state index contributed by atoms with van der Waals surface area (Å²) in [5.41, 5.74) is 7.96. The van der Waals surface area contributed by atoms with E-state index in [9.17, 15) is 9.59 Å². The number of carboxylic acid groups (broad SMARTS) is 1. The number of benzene rings is 2. The van der Waals surface area contributed by atoms with Crippen molar-refractivity contribution in [2.75, 3.05) is 7.11 Å². The molecule has 0 aliphatic heterocycles. The molecule has 0 aromatic heterocycles. The minimum absolute atomic E-state index is 0.191. The van der Waals surface area contributed by atoms with E-state index < -0.39 is 5.97 Å². The maximum atomic E-state index is 12.9. The normalized spacial score (nSPS) is 12.9. The Morgan fingerprint density at radius 2 is 1.93 bits per heavy atom. The van der Waals surface area contributed by atoms with Gasteiger partial charge in [0.15, 0.2) is 0 Å². The molecule has 1 unspecified atom stereocenters. The van der Waals surface area contributed by atoms with Crippen LogP contribution in [0.2, 0.25) is 0 Å². The first-order valence-electron chi connectivity index (χ1n) is 9.39. The summed E-state index contributed by atoms with van der Waals surface area (Å²) < 4.78 is 5.24. The molecule has 7 heteroatoms. The van der Waals surface area contributed by atoms with E-state index in [1.54, 1.807) is 25.3 Å². The van der Waals surface area contributed by atoms with Crippen LogP contribution >= 0.6 is 11.6 Å². The van der Waals surface area contributed by atoms with Crippen LogP contribution < -0.4 is 15.8 Å². The molecular weight excluding hydrogens is 404 g/mol. The Morgan fingerprint density at radius 1 is 1.23 bits per heavy atom. The van der Waals surface area contributed by atoms with Gasteiger partial charge in [-0.05, 0) is 61.2 Å². The van der Waals surface area contributed by atoms with E-state index in [-0.39, 0.29) is 22.5 Å². The lowest BCUT2D eigenvalue weighted by molar-refractivity contribution is -0.118. The van der Waals surface area contributed by atoms with Gasteiger partial charge in [-0.1, -0.05) is 35.9 Å². The summed E-state index contributed by atoms with van der Waals surface area (Å²) in [6.45, 7) is 1.83. The first-order chi connectivity index (χ1) is 14.3. The fourth-order valence-electron chi connectivity index (χ4n) is 2.86. The van der Waals surface area contributed by atoms with Gasteiger partial charge >= 0.3 is 5.97 Å². The quantitative estimate of drug-likeness (QED) is 0.411. The maximum absolute atomic E-state index is 12.9. The van der Waals surface area contributed by atoms with Crippen LogP contribution in [0, 0.1) is 0 Å². The number of halogens is 1. The van der Waals surface area contributed by atoms with Gasteiger partial charge in [0.25, 0.3) is 0 Å². The Morgan fingerprint density at radius 3 is 2.53 bits per heavy atom. The molecule has 1 amide bonds. The molecule has 2 rings (SSSR count). The molecule has 30 heavy (non-hydrogen) atoms. The zero-order valence-electron chi connectivity index (χ0n) is 16.9. The molecule has 0 saturated carbocycles. The summed E-state index contributed by atoms with van der Waals surface area (Å²) >= 11 is 6.04. The number of hydrogen-bond donors (Lipinski definition) is 3. The second kappa shape index (κ2) is 11.1. The first-order valence-corrected chi connectivity index (χ1v) is 9.77. The molecule has 0 radical (unpaired) electrons. The molecule has 0 spiro atoms. The third-order valence-electron chi connectivity index (χ3n) is 4.59. The number of nitrogens with one attached hydrogen (secondary N) is 1. The minimum Gasteiger partial charge on any atom is -0.497 e. The average Bonchev–Trinajstić information content (AvgIpc) is 2.76. The summed E-state index contributed by atoms with van der Waals surface area (Å²) in [5.74, 6) is -0.516. The summed E-state index contributed by atoms with van der Waals surface area (Å²) in [5, 5.41) is 12.2. The van der Waals surface area contributed by atoms with Gasteiger partial charge in [0.2, 0.25) is 5.91 Å². The van der Waals surface area contributed by atoms with E-state index in [1.807, 2.05) is 31.2 Å². The van der Waals surface area contributed by atoms with E-state index >= 15 is 0 Å². The number of allylic oxidation sites excluding steroid dienone is 2. The highest BCUT2D eigenvalue weighted by Crippen LogP contribution is 2.19. The number of rotatable bonds is 9. The predicted octanol–water partition coefficient (Wildman–Crippen LogP) is 4.17. The lowest BCUT2D eigenvalue weighted by Gasteiger charge is -2.16. The lowest BCUT2D eigenvalue weighted by atomic mass is 10.0. The van der Waals surface area contributed by atoms with Gasteiger partial charge in [-0.15, -0.1) is 0 Å². The maximum Gasteiger partial charge on any atom is 0.335 e. The molecule has 6 nitrogen and oxygen atoms in total. The molecule has 2 aromatic carbocycles. The standard InChI is InChI=1S/C23H25ClN2O4/c1-15(17-8-10-18(11-9-17)23(28)29)26-22(27)19(13-20(24)14-25)7-6-16-4-3-5-21(12-16)30-2/h3-5,8-15H,6-7,25H2,1-2H3,(H,26,27)(H,28,29)/b19-13+,20-14+. The highest BCUT2D eigenvalue weighted by atomic mass is 35.5. The van der Waals surface area contributed by atoms with Crippen LogP contribution in [0.1, 0.15) is 40.9 Å². The van der Waals surface area contributed by atoms with Gasteiger partial charge < -0.3 is 20.9 Å². The van der Waals surface area contributed by atoms with Gasteiger partial charge in [0.05, 0.1) is 23.7 Å². The average molecular weight is 429 g/mol. The molecule has 1 atom stereocenters. The van der Waals surface area contributed by atoms with Crippen molar-refractivity contribution < 1.29 is 19.4 Å². The van der Waals surface area contributed by atoms with Crippen LogP contribution in [-0.4, -0.2) is 24.1 Å². The fraction of sp³-hybridized carbons (Fsp3) is 0.217. The number of hydrogen-bond acceptors (Lipinski definition) is 4. The van der Waals surface area contributed by atoms with E-state index in [4.69, 9.17) is 27.2 Å². The number of aryl methyl sites for hydroxylation is 1. The highest BCUT2D eigenvalue weighted by molar-refractivity contribution is 6.31. The Hall–Kier alpha value is -3.25. The lowest BCUT2D eigenvalue weighted by Crippen LogP contribution is -2.28. The van der Waals surface area contributed by atoms with Gasteiger partial charge in [0.1, 0.15) is 5.75 Å². The summed E-state index contributed by atoms with van der Waals surface area (Å²) in [7, 11) is 1.61. The van der Waals surface area contributed by atoms with Crippen LogP contribution in [0.15, 0.2) is 71.4 Å². The molecule has 4 N–H and O–H groups in total. The first kappa shape index (κ1) is 23.0. The molecule has 158 valence electrons. The zero-order chi connectivity index (χ0) is 22.1. The minimum atomic E-state index is -0.996. The number of aromatic carboxylic acids is 1. The van der Waals surface area contributed by atoms with Crippen LogP contribution in [0.25, 0.3) is 0 Å². The van der Waals surface area contributed by atoms with Crippen LogP contribution in [0.4, 0.5) is 0 Å². The number of carboxylic acids is 1. The van der Waals surface area contributed by atoms with E-state index in [2.05, 4.69) is 5.32 Å². The molecule has 0 bridgehead atoms. The van der Waals surface area contributed by atoms with Crippen molar-refractivity contribution in [3.05, 3.63) is 88.1 Å². The monoisotopic (exact) mass is 428 g/mol. The Bertz CT molecular complexity index is 952. The number of amides is 1. The number of nitrogens with two attached hydrogens (primary N) is 1. The number of ether oxygens (including phenoxy) is 1. The number of methoxy groups -OCH3 is 1. The van der Waals surface area contributed by atoms with Crippen molar-refractivity contribution in [1.29, 1.82) is 0 Å². The Kier molecular flexibility index (Phi) is 8.50. The Labute approximate surface area is 181 Å². The van der Waals surface area contributed by atoms with Crippen LogP contribution in [0.3, 0.4) is 0 Å². The van der Waals surface area contributed by atoms with Crippen LogP contribution in [-0.2, 0) is 11.2 Å². The molecule has 0 fully saturated rings. The second-order valence-corrected chi connectivity index (χ2v) is 7.13. The van der Waals surface area contributed by atoms with Gasteiger partial charge in [-0.2, -0.15) is 0 Å². The molecular formula is C23H25ClN2O4. The zero-order valence-corrected chi connectivity index (χ0v) is 17.6. The van der Waals surface area contributed by atoms with Crippen LogP contribution in [0.5, 0.6) is 5.75 Å². The molecule has 0 heterocycles. The van der Waals surface area contributed by atoms with Gasteiger partial charge in [0, 0.05) is 11.8 Å². The van der Waals surface area contributed by atoms with Gasteiger partial charge in [-0.3, -0.25) is 4.79 Å². The number of carbonyl (C=O) groups excluding carboxylic acids is 1. The largest absolute Gasteiger partial charge is 0.497 e. The van der Waals surface area contributed by atoms with Gasteiger partial charge in [-0.25, -0.2) is 4.79 Å². The highest BCUT2D eigenvalue weighted by Gasteiger charge is 2.15. The van der Waals surface area contributed by atoms with Crippen molar-refractivity contribution in [2.24, 2.45) is 5.73 Å². The van der Waals surface area contributed by atoms with Crippen molar-refractivity contribution >= 4 is 23.5 Å². The van der Waals surface area contributed by atoms with E-state index in [0.29, 0.717) is 18.4 Å².